The average molecular weight is 544 g/mol. The largest absolute Gasteiger partial charge is 0.508 e. The molecule has 32 heavy (non-hydrogen) atoms. The number of fused-ring (bicyclic) bond motifs is 4. The zero-order valence-electron chi connectivity index (χ0n) is 16.6. The van der Waals surface area contributed by atoms with Crippen molar-refractivity contribution in [2.45, 2.75) is 28.5 Å². The molecule has 1 aromatic carbocycles. The van der Waals surface area contributed by atoms with Gasteiger partial charge < -0.3 is 5.11 Å². The maximum atomic E-state index is 13.3. The highest BCUT2D eigenvalue weighted by atomic mass is 79.9. The first-order valence-electron chi connectivity index (χ1n) is 9.90. The van der Waals surface area contributed by atoms with Crippen molar-refractivity contribution in [1.29, 1.82) is 0 Å². The Balaban J connectivity index is 1.78. The number of hydrogen-bond donors (Lipinski definition) is 2. The van der Waals surface area contributed by atoms with Crippen molar-refractivity contribution < 1.29 is 29.5 Å². The maximum Gasteiger partial charge on any atom is 0.257 e. The van der Waals surface area contributed by atoms with Gasteiger partial charge in [0.15, 0.2) is 9.75 Å². The third-order valence-electron chi connectivity index (χ3n) is 7.29. The first kappa shape index (κ1) is 21.9. The van der Waals surface area contributed by atoms with Crippen LogP contribution in [0.5, 0.6) is 5.75 Å². The van der Waals surface area contributed by atoms with Gasteiger partial charge in [0.2, 0.25) is 0 Å². The van der Waals surface area contributed by atoms with E-state index in [4.69, 9.17) is 23.2 Å². The zero-order chi connectivity index (χ0) is 23.3. The number of benzene rings is 1. The Morgan fingerprint density at radius 3 is 2.47 bits per heavy atom. The molecular weight excluding hydrogens is 527 g/mol. The summed E-state index contributed by atoms with van der Waals surface area (Å²) in [6.07, 6.45) is 1.69. The Kier molecular flexibility index (Phi) is 4.64. The summed E-state index contributed by atoms with van der Waals surface area (Å²) in [6.45, 7) is 0. The van der Waals surface area contributed by atoms with Gasteiger partial charge in [0.05, 0.1) is 11.8 Å². The Morgan fingerprint density at radius 2 is 1.78 bits per heavy atom. The third-order valence-corrected chi connectivity index (χ3v) is 9.20. The molecule has 0 spiro atoms. The molecule has 0 bridgehead atoms. The highest BCUT2D eigenvalue weighted by Gasteiger charge is 2.76. The molecule has 2 aliphatic carbocycles. The molecule has 8 nitrogen and oxygen atoms in total. The number of amides is 4. The normalized spacial score (nSPS) is 38.6. The van der Waals surface area contributed by atoms with Crippen molar-refractivity contribution in [1.82, 2.24) is 9.96 Å². The van der Waals surface area contributed by atoms with Gasteiger partial charge >= 0.3 is 0 Å². The van der Waals surface area contributed by atoms with E-state index in [1.165, 1.54) is 13.1 Å². The van der Waals surface area contributed by atoms with Gasteiger partial charge in [-0.3, -0.25) is 29.3 Å². The molecule has 11 heteroatoms. The number of rotatable bonds is 1. The molecule has 2 N–H and O–H groups in total. The van der Waals surface area contributed by atoms with Gasteiger partial charge in [-0.05, 0) is 37.0 Å². The van der Waals surface area contributed by atoms with E-state index in [2.05, 4.69) is 15.9 Å². The van der Waals surface area contributed by atoms with Crippen LogP contribution >= 0.6 is 39.1 Å². The molecule has 3 fully saturated rings. The number of allylic oxidation sites excluding steroid dienone is 2. The molecular formula is C21H17BrCl2N2O6. The number of carbonyl (C=O) groups is 4. The number of halogens is 3. The minimum atomic E-state index is -1.96. The van der Waals surface area contributed by atoms with Crippen LogP contribution in [0.3, 0.4) is 0 Å². The number of likely N-dealkylation sites (tertiary alicyclic amines) is 1. The summed E-state index contributed by atoms with van der Waals surface area (Å²) in [5, 5.41) is 20.8. The molecule has 2 saturated heterocycles. The standard InChI is InChI=1S/C21H17BrCl2N2O6/c1-25-18(30)20(23)7-12-9(3-4-10-14(12)17(29)26(32)16(10)28)15(21(20,24)19(25)31)11-6-8(22)2-5-13(11)27/h2-3,5-6,10,12,14-15,27,32H,4,7H2,1H3. The number of hydrogen-bond acceptors (Lipinski definition) is 6. The van der Waals surface area contributed by atoms with E-state index >= 15 is 0 Å². The van der Waals surface area contributed by atoms with E-state index in [-0.39, 0.29) is 29.2 Å². The highest BCUT2D eigenvalue weighted by molar-refractivity contribution is 9.10. The van der Waals surface area contributed by atoms with Crippen LogP contribution < -0.4 is 0 Å². The van der Waals surface area contributed by atoms with Crippen LogP contribution in [0.2, 0.25) is 0 Å². The molecule has 0 radical (unpaired) electrons. The number of imide groups is 2. The Morgan fingerprint density at radius 1 is 1.09 bits per heavy atom. The Hall–Kier alpha value is -1.94. The summed E-state index contributed by atoms with van der Waals surface area (Å²) in [4.78, 5) is 48.7. The lowest BCUT2D eigenvalue weighted by Gasteiger charge is -2.50. The van der Waals surface area contributed by atoms with E-state index in [0.29, 0.717) is 10.0 Å². The minimum absolute atomic E-state index is 0.120. The lowest BCUT2D eigenvalue weighted by atomic mass is 9.56. The topological polar surface area (TPSA) is 115 Å². The van der Waals surface area contributed by atoms with Crippen LogP contribution in [0, 0.1) is 17.8 Å². The first-order chi connectivity index (χ1) is 14.9. The monoisotopic (exact) mass is 542 g/mol. The zero-order valence-corrected chi connectivity index (χ0v) is 19.7. The third kappa shape index (κ3) is 2.42. The first-order valence-corrected chi connectivity index (χ1v) is 11.5. The second-order valence-electron chi connectivity index (χ2n) is 8.69. The fraction of sp³-hybridized carbons (Fsp3) is 0.429. The molecule has 6 unspecified atom stereocenters. The molecule has 168 valence electrons. The smallest absolute Gasteiger partial charge is 0.257 e. The highest BCUT2D eigenvalue weighted by Crippen LogP contribution is 2.65. The molecule has 6 atom stereocenters. The van der Waals surface area contributed by atoms with Crippen LogP contribution in [0.15, 0.2) is 34.3 Å². The number of carbonyl (C=O) groups excluding carboxylic acids is 4. The number of aromatic hydroxyl groups is 1. The predicted molar refractivity (Wildman–Crippen MR) is 115 cm³/mol. The molecule has 1 aromatic rings. The second kappa shape index (κ2) is 6.79. The van der Waals surface area contributed by atoms with Gasteiger partial charge in [-0.25, -0.2) is 0 Å². The number of phenols is 1. The van der Waals surface area contributed by atoms with Crippen LogP contribution in [0.1, 0.15) is 24.3 Å². The molecule has 0 aromatic heterocycles. The summed E-state index contributed by atoms with van der Waals surface area (Å²) in [7, 11) is 1.29. The van der Waals surface area contributed by atoms with Gasteiger partial charge in [0, 0.05) is 23.0 Å². The average Bonchev–Trinajstić information content (AvgIpc) is 3.05. The van der Waals surface area contributed by atoms with Crippen molar-refractivity contribution in [2.24, 2.45) is 17.8 Å². The Labute approximate surface area is 200 Å². The number of alkyl halides is 2. The number of nitrogens with zero attached hydrogens (tertiary/aromatic N) is 2. The molecule has 4 aliphatic rings. The maximum absolute atomic E-state index is 13.3. The molecule has 5 rings (SSSR count). The van der Waals surface area contributed by atoms with Gasteiger partial charge in [0.25, 0.3) is 23.6 Å². The van der Waals surface area contributed by atoms with E-state index in [0.717, 1.165) is 4.90 Å². The van der Waals surface area contributed by atoms with Crippen molar-refractivity contribution in [2.75, 3.05) is 7.05 Å². The van der Waals surface area contributed by atoms with Crippen molar-refractivity contribution in [3.05, 3.63) is 39.9 Å². The number of hydroxylamine groups is 2. The fourth-order valence-electron chi connectivity index (χ4n) is 5.83. The van der Waals surface area contributed by atoms with Crippen LogP contribution in [0.25, 0.3) is 0 Å². The van der Waals surface area contributed by atoms with Crippen molar-refractivity contribution >= 4 is 62.8 Å². The van der Waals surface area contributed by atoms with E-state index < -0.39 is 57.0 Å². The summed E-state index contributed by atoms with van der Waals surface area (Å²) < 4.78 is 0.598. The molecule has 4 amide bonds. The fourth-order valence-corrected chi connectivity index (χ4v) is 7.22. The summed E-state index contributed by atoms with van der Waals surface area (Å²) in [5.74, 6) is -6.60. The van der Waals surface area contributed by atoms with Crippen molar-refractivity contribution in [3.63, 3.8) is 0 Å². The summed E-state index contributed by atoms with van der Waals surface area (Å²) in [6, 6.07) is 4.62. The lowest BCUT2D eigenvalue weighted by molar-refractivity contribution is -0.173. The van der Waals surface area contributed by atoms with Crippen LogP contribution in [0.4, 0.5) is 0 Å². The van der Waals surface area contributed by atoms with Crippen molar-refractivity contribution in [3.8, 4) is 5.75 Å². The van der Waals surface area contributed by atoms with E-state index in [1.54, 1.807) is 18.2 Å². The predicted octanol–water partition coefficient (Wildman–Crippen LogP) is 2.53. The summed E-state index contributed by atoms with van der Waals surface area (Å²) in [5.41, 5.74) is 0.807. The minimum Gasteiger partial charge on any atom is -0.508 e. The van der Waals surface area contributed by atoms with Gasteiger partial charge in [0.1, 0.15) is 5.75 Å². The Bertz CT molecular complexity index is 1160. The van der Waals surface area contributed by atoms with E-state index in [1.807, 2.05) is 0 Å². The summed E-state index contributed by atoms with van der Waals surface area (Å²) >= 11 is 17.3. The van der Waals surface area contributed by atoms with Crippen LogP contribution in [-0.4, -0.2) is 60.7 Å². The quantitative estimate of drug-likeness (QED) is 0.243. The van der Waals surface area contributed by atoms with Gasteiger partial charge in [-0.2, -0.15) is 5.06 Å². The lowest BCUT2D eigenvalue weighted by Crippen LogP contribution is -2.60. The number of phenolic OH excluding ortho intramolecular Hbond substituents is 1. The molecule has 1 saturated carbocycles. The van der Waals surface area contributed by atoms with Gasteiger partial charge in [-0.15, -0.1) is 23.2 Å². The second-order valence-corrected chi connectivity index (χ2v) is 10.8. The SMILES string of the molecule is CN1C(=O)C2(Cl)CC3C(=CCC4C(=O)N(O)C(=O)C43)C(c3cc(Br)ccc3O)C2(Cl)C1=O. The van der Waals surface area contributed by atoms with Crippen LogP contribution in [-0.2, 0) is 19.2 Å². The van der Waals surface area contributed by atoms with Gasteiger partial charge in [-0.1, -0.05) is 27.6 Å². The molecule has 2 aliphatic heterocycles. The molecule has 2 heterocycles. The van der Waals surface area contributed by atoms with E-state index in [9.17, 15) is 29.5 Å².